The maximum absolute atomic E-state index is 13.2. The second-order valence-electron chi connectivity index (χ2n) is 9.33. The fourth-order valence-corrected chi connectivity index (χ4v) is 4.08. The van der Waals surface area contributed by atoms with Crippen molar-refractivity contribution in [2.75, 3.05) is 38.0 Å². The molecule has 10 heteroatoms. The average Bonchev–Trinajstić information content (AvgIpc) is 2.89. The van der Waals surface area contributed by atoms with Gasteiger partial charge in [0.1, 0.15) is 11.5 Å². The Morgan fingerprint density at radius 1 is 1.03 bits per heavy atom. The largest absolute Gasteiger partial charge is 0.497 e. The van der Waals surface area contributed by atoms with Crippen LogP contribution in [0, 0.1) is 5.92 Å². The second-order valence-corrected chi connectivity index (χ2v) is 9.33. The van der Waals surface area contributed by atoms with Crippen molar-refractivity contribution in [1.29, 1.82) is 0 Å². The Morgan fingerprint density at radius 2 is 1.68 bits per heavy atom. The molecule has 3 rings (SSSR count). The van der Waals surface area contributed by atoms with Crippen LogP contribution in [0.2, 0.25) is 0 Å². The van der Waals surface area contributed by atoms with Gasteiger partial charge in [-0.2, -0.15) is 0 Å². The maximum atomic E-state index is 13.2. The van der Waals surface area contributed by atoms with Crippen molar-refractivity contribution in [3.63, 3.8) is 0 Å². The number of rotatable bonds is 10. The molecule has 38 heavy (non-hydrogen) atoms. The molecule has 0 saturated carbocycles. The number of nitrogens with one attached hydrogen (secondary N) is 3. The molecule has 10 nitrogen and oxygen atoms in total. The molecular formula is C28H36N4O6. The Morgan fingerprint density at radius 3 is 2.29 bits per heavy atom. The zero-order valence-electron chi connectivity index (χ0n) is 22.7. The zero-order chi connectivity index (χ0) is 27.8. The number of carbonyl (C=O) groups is 3. The summed E-state index contributed by atoms with van der Waals surface area (Å²) in [6, 6.07) is 10.5. The number of amides is 4. The van der Waals surface area contributed by atoms with E-state index in [-0.39, 0.29) is 18.6 Å². The number of hydrogen-bond acceptors (Lipinski definition) is 6. The number of urea groups is 2. The lowest BCUT2D eigenvalue weighted by Crippen LogP contribution is -2.48. The normalized spacial score (nSPS) is 15.2. The Balaban J connectivity index is 1.86. The molecule has 0 fully saturated rings. The fraction of sp³-hybridized carbons (Fsp3) is 0.393. The standard InChI is InChI=1S/C28H36N4O6/c1-7-11-32-18(4)24(26(33)38-16-17(2)3)25(31-28(32)35)19-9-8-10-20(12-19)29-27(34)30-21-13-22(36-5)15-23(14-21)37-6/h8-10,12-15,17,25H,7,11,16H2,1-6H3,(H,31,35)(H2,29,30,34). The van der Waals surface area contributed by atoms with Crippen LogP contribution in [0.15, 0.2) is 53.7 Å². The van der Waals surface area contributed by atoms with Gasteiger partial charge < -0.3 is 30.2 Å². The van der Waals surface area contributed by atoms with Crippen molar-refractivity contribution < 1.29 is 28.6 Å². The van der Waals surface area contributed by atoms with Gasteiger partial charge in [-0.1, -0.05) is 32.9 Å². The number of carbonyl (C=O) groups excluding carboxylic acids is 3. The predicted molar refractivity (Wildman–Crippen MR) is 145 cm³/mol. The van der Waals surface area contributed by atoms with Crippen molar-refractivity contribution in [1.82, 2.24) is 10.2 Å². The molecule has 1 aliphatic heterocycles. The second kappa shape index (κ2) is 12.8. The smallest absolute Gasteiger partial charge is 0.338 e. The molecule has 204 valence electrons. The number of ether oxygens (including phenoxy) is 3. The number of benzene rings is 2. The van der Waals surface area contributed by atoms with Crippen LogP contribution < -0.4 is 25.4 Å². The number of esters is 1. The van der Waals surface area contributed by atoms with E-state index in [9.17, 15) is 14.4 Å². The molecular weight excluding hydrogens is 488 g/mol. The zero-order valence-corrected chi connectivity index (χ0v) is 22.7. The number of anilines is 2. The minimum atomic E-state index is -0.734. The first-order valence-electron chi connectivity index (χ1n) is 12.5. The summed E-state index contributed by atoms with van der Waals surface area (Å²) in [4.78, 5) is 40.4. The third-order valence-corrected chi connectivity index (χ3v) is 5.90. The van der Waals surface area contributed by atoms with Crippen molar-refractivity contribution >= 4 is 29.4 Å². The Labute approximate surface area is 223 Å². The monoisotopic (exact) mass is 524 g/mol. The number of hydrogen-bond donors (Lipinski definition) is 3. The summed E-state index contributed by atoms with van der Waals surface area (Å²) >= 11 is 0. The number of methoxy groups -OCH3 is 2. The number of nitrogens with zero attached hydrogens (tertiary/aromatic N) is 1. The molecule has 2 aromatic rings. The molecule has 0 saturated heterocycles. The highest BCUT2D eigenvalue weighted by molar-refractivity contribution is 6.00. The van der Waals surface area contributed by atoms with Gasteiger partial charge in [0.2, 0.25) is 0 Å². The lowest BCUT2D eigenvalue weighted by Gasteiger charge is -2.35. The highest BCUT2D eigenvalue weighted by Gasteiger charge is 2.36. The molecule has 0 spiro atoms. The molecule has 1 aliphatic rings. The molecule has 4 amide bonds. The van der Waals surface area contributed by atoms with Gasteiger partial charge in [0, 0.05) is 41.8 Å². The van der Waals surface area contributed by atoms with E-state index >= 15 is 0 Å². The summed E-state index contributed by atoms with van der Waals surface area (Å²) in [5.41, 5.74) is 2.51. The van der Waals surface area contributed by atoms with E-state index in [0.29, 0.717) is 46.3 Å². The third kappa shape index (κ3) is 6.96. The van der Waals surface area contributed by atoms with Gasteiger partial charge >= 0.3 is 18.0 Å². The first kappa shape index (κ1) is 28.4. The minimum Gasteiger partial charge on any atom is -0.497 e. The summed E-state index contributed by atoms with van der Waals surface area (Å²) in [7, 11) is 3.05. The van der Waals surface area contributed by atoms with Gasteiger partial charge in [-0.05, 0) is 37.0 Å². The lowest BCUT2D eigenvalue weighted by molar-refractivity contribution is -0.140. The van der Waals surface area contributed by atoms with Gasteiger partial charge in [0.25, 0.3) is 0 Å². The van der Waals surface area contributed by atoms with Crippen LogP contribution in [-0.4, -0.2) is 50.3 Å². The van der Waals surface area contributed by atoms with Crippen LogP contribution in [0.3, 0.4) is 0 Å². The summed E-state index contributed by atoms with van der Waals surface area (Å²) in [5, 5.41) is 8.49. The molecule has 1 atom stereocenters. The van der Waals surface area contributed by atoms with Crippen LogP contribution >= 0.6 is 0 Å². The van der Waals surface area contributed by atoms with Crippen LogP contribution in [0.1, 0.15) is 45.7 Å². The summed E-state index contributed by atoms with van der Waals surface area (Å²) in [6.45, 7) is 8.37. The maximum Gasteiger partial charge on any atom is 0.338 e. The van der Waals surface area contributed by atoms with Crippen LogP contribution in [0.25, 0.3) is 0 Å². The molecule has 1 unspecified atom stereocenters. The molecule has 1 heterocycles. The van der Waals surface area contributed by atoms with Crippen molar-refractivity contribution in [2.24, 2.45) is 5.92 Å². The van der Waals surface area contributed by atoms with Gasteiger partial charge in [-0.3, -0.25) is 4.90 Å². The summed E-state index contributed by atoms with van der Waals surface area (Å²) < 4.78 is 16.0. The topological polar surface area (TPSA) is 118 Å². The summed E-state index contributed by atoms with van der Waals surface area (Å²) in [5.74, 6) is 0.751. The van der Waals surface area contributed by atoms with Crippen molar-refractivity contribution in [3.05, 3.63) is 59.3 Å². The fourth-order valence-electron chi connectivity index (χ4n) is 4.08. The number of allylic oxidation sites excluding steroid dienone is 1. The highest BCUT2D eigenvalue weighted by atomic mass is 16.5. The van der Waals surface area contributed by atoms with Crippen LogP contribution in [0.4, 0.5) is 21.0 Å². The molecule has 2 aromatic carbocycles. The van der Waals surface area contributed by atoms with E-state index in [2.05, 4.69) is 16.0 Å². The van der Waals surface area contributed by atoms with Gasteiger partial charge in [0.05, 0.1) is 32.4 Å². The summed E-state index contributed by atoms with van der Waals surface area (Å²) in [6.07, 6.45) is 0.734. The lowest BCUT2D eigenvalue weighted by atomic mass is 9.94. The van der Waals surface area contributed by atoms with E-state index in [1.807, 2.05) is 20.8 Å². The first-order valence-corrected chi connectivity index (χ1v) is 12.5. The van der Waals surface area contributed by atoms with Crippen LogP contribution in [-0.2, 0) is 9.53 Å². The Bertz CT molecular complexity index is 1190. The van der Waals surface area contributed by atoms with E-state index in [1.165, 1.54) is 14.2 Å². The van der Waals surface area contributed by atoms with Gasteiger partial charge in [0.15, 0.2) is 0 Å². The first-order chi connectivity index (χ1) is 18.2. The molecule has 0 radical (unpaired) electrons. The highest BCUT2D eigenvalue weighted by Crippen LogP contribution is 2.33. The SMILES string of the molecule is CCCN1C(=O)NC(c2cccc(NC(=O)Nc3cc(OC)cc(OC)c3)c2)C(C(=O)OCC(C)C)=C1C. The van der Waals surface area contributed by atoms with E-state index in [0.717, 1.165) is 6.42 Å². The van der Waals surface area contributed by atoms with Gasteiger partial charge in [-0.15, -0.1) is 0 Å². The Hall–Kier alpha value is -4.21. The molecule has 0 bridgehead atoms. The van der Waals surface area contributed by atoms with Crippen molar-refractivity contribution in [2.45, 2.75) is 40.2 Å². The van der Waals surface area contributed by atoms with Gasteiger partial charge in [-0.25, -0.2) is 14.4 Å². The van der Waals surface area contributed by atoms with E-state index in [1.54, 1.807) is 54.3 Å². The molecule has 0 aliphatic carbocycles. The van der Waals surface area contributed by atoms with E-state index < -0.39 is 18.0 Å². The van der Waals surface area contributed by atoms with Crippen molar-refractivity contribution in [3.8, 4) is 11.5 Å². The predicted octanol–water partition coefficient (Wildman–Crippen LogP) is 5.30. The molecule has 3 N–H and O–H groups in total. The van der Waals surface area contributed by atoms with Crippen LogP contribution in [0.5, 0.6) is 11.5 Å². The Kier molecular flexibility index (Phi) is 9.59. The quantitative estimate of drug-likeness (QED) is 0.363. The minimum absolute atomic E-state index is 0.166. The van der Waals surface area contributed by atoms with E-state index in [4.69, 9.17) is 14.2 Å². The third-order valence-electron chi connectivity index (χ3n) is 5.90. The molecule has 0 aromatic heterocycles. The average molecular weight is 525 g/mol.